The molecule has 0 saturated heterocycles. The van der Waals surface area contributed by atoms with Crippen LogP contribution in [0.25, 0.3) is 11.1 Å². The first-order valence-electron chi connectivity index (χ1n) is 5.12. The van der Waals surface area contributed by atoms with Crippen molar-refractivity contribution in [2.24, 2.45) is 0 Å². The van der Waals surface area contributed by atoms with Crippen molar-refractivity contribution in [2.75, 3.05) is 0 Å². The fourth-order valence-electron chi connectivity index (χ4n) is 1.70. The largest absolute Gasteiger partial charge is 0.417 e. The molecule has 0 fully saturated rings. The number of halogens is 6. The van der Waals surface area contributed by atoms with E-state index in [2.05, 4.69) is 0 Å². The average molecular weight is 293 g/mol. The third kappa shape index (κ3) is 2.56. The van der Waals surface area contributed by atoms with Crippen molar-refractivity contribution >= 4 is 11.6 Å². The summed E-state index contributed by atoms with van der Waals surface area (Å²) in [6.45, 7) is 0. The molecule has 0 amide bonds. The fraction of sp³-hybridized carbons (Fsp3) is 0.0769. The lowest BCUT2D eigenvalue weighted by Crippen LogP contribution is -2.07. The zero-order valence-electron chi connectivity index (χ0n) is 9.23. The van der Waals surface area contributed by atoms with Gasteiger partial charge < -0.3 is 0 Å². The van der Waals surface area contributed by atoms with Crippen LogP contribution in [0, 0.1) is 11.6 Å². The number of alkyl halides is 3. The molecular weight excluding hydrogens is 287 g/mol. The molecule has 0 nitrogen and oxygen atoms in total. The molecule has 0 aliphatic heterocycles. The minimum absolute atomic E-state index is 0.380. The van der Waals surface area contributed by atoms with Crippen molar-refractivity contribution in [3.8, 4) is 11.1 Å². The van der Waals surface area contributed by atoms with Crippen LogP contribution in [0.15, 0.2) is 36.4 Å². The fourth-order valence-corrected chi connectivity index (χ4v) is 1.86. The van der Waals surface area contributed by atoms with Gasteiger partial charge in [0.1, 0.15) is 10.8 Å². The summed E-state index contributed by atoms with van der Waals surface area (Å²) in [5.74, 6) is -2.23. The van der Waals surface area contributed by atoms with Crippen molar-refractivity contribution in [3.63, 3.8) is 0 Å². The maximum atomic E-state index is 13.8. The van der Waals surface area contributed by atoms with Crippen LogP contribution in [0.4, 0.5) is 22.0 Å². The lowest BCUT2D eigenvalue weighted by Gasteiger charge is -2.13. The van der Waals surface area contributed by atoms with Crippen LogP contribution in [0.1, 0.15) is 5.56 Å². The molecule has 0 radical (unpaired) electrons. The molecule has 6 heteroatoms. The summed E-state index contributed by atoms with van der Waals surface area (Å²) in [6, 6.07) is 6.22. The van der Waals surface area contributed by atoms with Gasteiger partial charge in [-0.2, -0.15) is 13.2 Å². The van der Waals surface area contributed by atoms with E-state index in [1.54, 1.807) is 0 Å². The van der Waals surface area contributed by atoms with E-state index >= 15 is 0 Å². The predicted molar refractivity (Wildman–Crippen MR) is 61.8 cm³/mol. The van der Waals surface area contributed by atoms with Crippen LogP contribution < -0.4 is 0 Å². The Bertz CT molecular complexity index is 619. The van der Waals surface area contributed by atoms with Gasteiger partial charge in [0.2, 0.25) is 0 Å². The van der Waals surface area contributed by atoms with Crippen molar-refractivity contribution < 1.29 is 22.0 Å². The van der Waals surface area contributed by atoms with Gasteiger partial charge in [-0.3, -0.25) is 0 Å². The van der Waals surface area contributed by atoms with Gasteiger partial charge in [0, 0.05) is 5.56 Å². The standard InChI is InChI=1S/C13H6ClF5/c14-11-10(15)6-5-8(12(11)16)7-3-1-2-4-9(7)13(17,18)19/h1-6H. The minimum Gasteiger partial charge on any atom is -0.205 e. The van der Waals surface area contributed by atoms with Gasteiger partial charge in [0.05, 0.1) is 5.56 Å². The Morgan fingerprint density at radius 3 is 2.11 bits per heavy atom. The highest BCUT2D eigenvalue weighted by Crippen LogP contribution is 2.39. The highest BCUT2D eigenvalue weighted by molar-refractivity contribution is 6.31. The lowest BCUT2D eigenvalue weighted by molar-refractivity contribution is -0.137. The van der Waals surface area contributed by atoms with Gasteiger partial charge in [0.25, 0.3) is 0 Å². The number of rotatable bonds is 1. The third-order valence-corrected chi connectivity index (χ3v) is 2.90. The maximum Gasteiger partial charge on any atom is 0.417 e. The molecule has 0 heterocycles. The topological polar surface area (TPSA) is 0 Å². The van der Waals surface area contributed by atoms with Crippen molar-refractivity contribution in [3.05, 3.63) is 58.6 Å². The van der Waals surface area contributed by atoms with Crippen LogP contribution >= 0.6 is 11.6 Å². The van der Waals surface area contributed by atoms with Gasteiger partial charge in [-0.1, -0.05) is 29.8 Å². The number of hydrogen-bond donors (Lipinski definition) is 0. The quantitative estimate of drug-likeness (QED) is 0.494. The molecule has 0 aliphatic rings. The van der Waals surface area contributed by atoms with E-state index in [0.717, 1.165) is 24.3 Å². The first kappa shape index (κ1) is 13.8. The second-order valence-corrected chi connectivity index (χ2v) is 4.14. The molecule has 19 heavy (non-hydrogen) atoms. The van der Waals surface area contributed by atoms with Gasteiger partial charge in [-0.05, 0) is 23.8 Å². The van der Waals surface area contributed by atoms with Crippen molar-refractivity contribution in [2.45, 2.75) is 6.18 Å². The summed E-state index contributed by atoms with van der Waals surface area (Å²) in [6.07, 6.45) is -4.64. The predicted octanol–water partition coefficient (Wildman–Crippen LogP) is 5.30. The Morgan fingerprint density at radius 1 is 0.842 bits per heavy atom. The second-order valence-electron chi connectivity index (χ2n) is 3.77. The summed E-state index contributed by atoms with van der Waals surface area (Å²) < 4.78 is 65.2. The van der Waals surface area contributed by atoms with Gasteiger partial charge in [-0.15, -0.1) is 0 Å². The van der Waals surface area contributed by atoms with E-state index in [1.165, 1.54) is 12.1 Å². The number of hydrogen-bond acceptors (Lipinski definition) is 0. The third-order valence-electron chi connectivity index (χ3n) is 2.56. The van der Waals surface area contributed by atoms with Crippen molar-refractivity contribution in [1.29, 1.82) is 0 Å². The maximum absolute atomic E-state index is 13.8. The van der Waals surface area contributed by atoms with E-state index in [-0.39, 0.29) is 11.1 Å². The minimum atomic E-state index is -4.64. The molecular formula is C13H6ClF5. The Labute approximate surface area is 110 Å². The Kier molecular flexibility index (Phi) is 3.49. The molecule has 0 aliphatic carbocycles. The summed E-state index contributed by atoms with van der Waals surface area (Å²) in [7, 11) is 0. The molecule has 2 rings (SSSR count). The van der Waals surface area contributed by atoms with Crippen LogP contribution in [-0.4, -0.2) is 0 Å². The molecule has 2 aromatic carbocycles. The van der Waals surface area contributed by atoms with Gasteiger partial charge in [0.15, 0.2) is 5.82 Å². The van der Waals surface area contributed by atoms with E-state index < -0.39 is 28.4 Å². The van der Waals surface area contributed by atoms with Gasteiger partial charge >= 0.3 is 6.18 Å². The van der Waals surface area contributed by atoms with E-state index in [0.29, 0.717) is 0 Å². The smallest absolute Gasteiger partial charge is 0.205 e. The van der Waals surface area contributed by atoms with E-state index in [9.17, 15) is 22.0 Å². The highest BCUT2D eigenvalue weighted by Gasteiger charge is 2.34. The number of benzene rings is 2. The molecule has 0 bridgehead atoms. The summed E-state index contributed by atoms with van der Waals surface area (Å²) >= 11 is 5.37. The van der Waals surface area contributed by atoms with Crippen molar-refractivity contribution in [1.82, 2.24) is 0 Å². The summed E-state index contributed by atoms with van der Waals surface area (Å²) in [4.78, 5) is 0. The zero-order chi connectivity index (χ0) is 14.2. The molecule has 0 spiro atoms. The van der Waals surface area contributed by atoms with Crippen LogP contribution in [0.5, 0.6) is 0 Å². The molecule has 2 aromatic rings. The molecule has 0 N–H and O–H groups in total. The Balaban J connectivity index is 2.70. The first-order valence-corrected chi connectivity index (χ1v) is 5.50. The van der Waals surface area contributed by atoms with Gasteiger partial charge in [-0.25, -0.2) is 8.78 Å². The highest BCUT2D eigenvalue weighted by atomic mass is 35.5. The normalized spacial score (nSPS) is 11.7. The van der Waals surface area contributed by atoms with Crippen LogP contribution in [0.2, 0.25) is 5.02 Å². The van der Waals surface area contributed by atoms with Crippen LogP contribution in [0.3, 0.4) is 0 Å². The monoisotopic (exact) mass is 292 g/mol. The second kappa shape index (κ2) is 4.81. The molecule has 0 atom stereocenters. The van der Waals surface area contributed by atoms with E-state index in [4.69, 9.17) is 11.6 Å². The molecule has 0 aromatic heterocycles. The summed E-state index contributed by atoms with van der Waals surface area (Å²) in [5, 5.41) is -0.825. The Morgan fingerprint density at radius 2 is 1.47 bits per heavy atom. The molecule has 0 saturated carbocycles. The lowest BCUT2D eigenvalue weighted by atomic mass is 9.99. The zero-order valence-corrected chi connectivity index (χ0v) is 9.99. The Hall–Kier alpha value is -1.62. The van der Waals surface area contributed by atoms with E-state index in [1.807, 2.05) is 0 Å². The summed E-state index contributed by atoms with van der Waals surface area (Å²) in [5.41, 5.74) is -1.77. The average Bonchev–Trinajstić information content (AvgIpc) is 2.35. The molecule has 100 valence electrons. The first-order chi connectivity index (χ1) is 8.82. The van der Waals surface area contributed by atoms with Crippen LogP contribution in [-0.2, 0) is 6.18 Å². The SMILES string of the molecule is Fc1ccc(-c2ccccc2C(F)(F)F)c(F)c1Cl. The molecule has 0 unspecified atom stereocenters.